The summed E-state index contributed by atoms with van der Waals surface area (Å²) in [5.74, 6) is 0. The van der Waals surface area contributed by atoms with E-state index in [0.29, 0.717) is 0 Å². The molecule has 5 rings (SSSR count). The Labute approximate surface area is 159 Å². The zero-order valence-electron chi connectivity index (χ0n) is 15.5. The number of pyridine rings is 1. The quantitative estimate of drug-likeness (QED) is 0.561. The Balaban J connectivity index is 1.65. The highest BCUT2D eigenvalue weighted by Gasteiger charge is 2.32. The van der Waals surface area contributed by atoms with Gasteiger partial charge in [0.05, 0.1) is 6.04 Å². The second-order valence-electron chi connectivity index (χ2n) is 7.40. The molecule has 0 aliphatic carbocycles. The molecule has 0 saturated heterocycles. The van der Waals surface area contributed by atoms with Crippen molar-refractivity contribution < 1.29 is 0 Å². The average molecular weight is 353 g/mol. The van der Waals surface area contributed by atoms with Crippen LogP contribution in [0.5, 0.6) is 0 Å². The van der Waals surface area contributed by atoms with Gasteiger partial charge in [-0.25, -0.2) is 0 Å². The van der Waals surface area contributed by atoms with Crippen LogP contribution in [-0.4, -0.2) is 21.4 Å². The SMILES string of the molecule is Cc1ccccc1C1c2[nH]c3ccccc3c2CCN1Cc1cccnc1. The van der Waals surface area contributed by atoms with Crippen molar-refractivity contribution in [2.24, 2.45) is 0 Å². The summed E-state index contributed by atoms with van der Waals surface area (Å²) < 4.78 is 0. The van der Waals surface area contributed by atoms with E-state index in [-0.39, 0.29) is 6.04 Å². The lowest BCUT2D eigenvalue weighted by molar-refractivity contribution is 0.201. The van der Waals surface area contributed by atoms with Gasteiger partial charge >= 0.3 is 0 Å². The number of para-hydroxylation sites is 1. The number of hydrogen-bond acceptors (Lipinski definition) is 2. The van der Waals surface area contributed by atoms with Crippen LogP contribution in [-0.2, 0) is 13.0 Å². The third-order valence-electron chi connectivity index (χ3n) is 5.73. The molecule has 0 fully saturated rings. The smallest absolute Gasteiger partial charge is 0.0762 e. The molecule has 0 radical (unpaired) electrons. The van der Waals surface area contributed by atoms with Gasteiger partial charge in [0.2, 0.25) is 0 Å². The normalized spacial score (nSPS) is 17.1. The largest absolute Gasteiger partial charge is 0.357 e. The van der Waals surface area contributed by atoms with E-state index >= 15 is 0 Å². The van der Waals surface area contributed by atoms with Gasteiger partial charge in [-0.1, -0.05) is 48.5 Å². The van der Waals surface area contributed by atoms with E-state index in [4.69, 9.17) is 0 Å². The summed E-state index contributed by atoms with van der Waals surface area (Å²) in [6, 6.07) is 21.9. The summed E-state index contributed by atoms with van der Waals surface area (Å²) in [5.41, 5.74) is 8.04. The average Bonchev–Trinajstić information content (AvgIpc) is 3.08. The van der Waals surface area contributed by atoms with Gasteiger partial charge in [0.1, 0.15) is 0 Å². The Hall–Kier alpha value is -2.91. The van der Waals surface area contributed by atoms with Gasteiger partial charge in [0, 0.05) is 42.1 Å². The monoisotopic (exact) mass is 353 g/mol. The predicted molar refractivity (Wildman–Crippen MR) is 110 cm³/mol. The van der Waals surface area contributed by atoms with Crippen LogP contribution in [0, 0.1) is 6.92 Å². The van der Waals surface area contributed by atoms with Crippen molar-refractivity contribution in [2.75, 3.05) is 6.54 Å². The van der Waals surface area contributed by atoms with Crippen LogP contribution in [0.3, 0.4) is 0 Å². The molecule has 2 aromatic carbocycles. The van der Waals surface area contributed by atoms with Crippen LogP contribution in [0.25, 0.3) is 10.9 Å². The zero-order chi connectivity index (χ0) is 18.2. The minimum absolute atomic E-state index is 0.238. The van der Waals surface area contributed by atoms with E-state index in [2.05, 4.69) is 76.4 Å². The highest BCUT2D eigenvalue weighted by molar-refractivity contribution is 5.85. The first-order valence-electron chi connectivity index (χ1n) is 9.59. The van der Waals surface area contributed by atoms with E-state index < -0.39 is 0 Å². The first-order valence-corrected chi connectivity index (χ1v) is 9.59. The van der Waals surface area contributed by atoms with Gasteiger partial charge in [-0.05, 0) is 47.7 Å². The highest BCUT2D eigenvalue weighted by atomic mass is 15.2. The van der Waals surface area contributed by atoms with Crippen LogP contribution in [0.15, 0.2) is 73.1 Å². The van der Waals surface area contributed by atoms with E-state index in [9.17, 15) is 0 Å². The Bertz CT molecular complexity index is 1080. The molecule has 0 saturated carbocycles. The predicted octanol–water partition coefficient (Wildman–Crippen LogP) is 5.02. The Kier molecular flexibility index (Phi) is 4.02. The van der Waals surface area contributed by atoms with Crippen molar-refractivity contribution in [1.82, 2.24) is 14.9 Å². The molecule has 1 aliphatic heterocycles. The maximum absolute atomic E-state index is 4.31. The molecule has 0 spiro atoms. The molecule has 1 unspecified atom stereocenters. The third kappa shape index (κ3) is 2.84. The molecule has 27 heavy (non-hydrogen) atoms. The first kappa shape index (κ1) is 16.3. The van der Waals surface area contributed by atoms with Crippen LogP contribution in [0.4, 0.5) is 0 Å². The number of fused-ring (bicyclic) bond motifs is 3. The minimum atomic E-state index is 0.238. The number of benzene rings is 2. The van der Waals surface area contributed by atoms with Crippen LogP contribution < -0.4 is 0 Å². The number of aromatic nitrogens is 2. The topological polar surface area (TPSA) is 31.9 Å². The lowest BCUT2D eigenvalue weighted by atomic mass is 9.90. The van der Waals surface area contributed by atoms with E-state index in [1.165, 1.54) is 38.9 Å². The van der Waals surface area contributed by atoms with Gasteiger partial charge in [-0.2, -0.15) is 0 Å². The summed E-state index contributed by atoms with van der Waals surface area (Å²) >= 11 is 0. The maximum atomic E-state index is 4.31. The van der Waals surface area contributed by atoms with Crippen molar-refractivity contribution in [2.45, 2.75) is 25.9 Å². The van der Waals surface area contributed by atoms with Crippen molar-refractivity contribution in [3.05, 3.63) is 101 Å². The number of hydrogen-bond donors (Lipinski definition) is 1. The molecular formula is C24H23N3. The molecule has 0 amide bonds. The van der Waals surface area contributed by atoms with E-state index in [0.717, 1.165) is 19.5 Å². The van der Waals surface area contributed by atoms with Crippen molar-refractivity contribution >= 4 is 10.9 Å². The molecule has 1 atom stereocenters. The fourth-order valence-electron chi connectivity index (χ4n) is 4.43. The van der Waals surface area contributed by atoms with Gasteiger partial charge in [-0.15, -0.1) is 0 Å². The molecule has 1 aliphatic rings. The summed E-state index contributed by atoms with van der Waals surface area (Å²) in [6.45, 7) is 4.17. The number of rotatable bonds is 3. The van der Waals surface area contributed by atoms with Crippen LogP contribution in [0.1, 0.15) is 34.0 Å². The molecule has 2 aromatic heterocycles. The zero-order valence-corrected chi connectivity index (χ0v) is 15.5. The molecule has 0 bridgehead atoms. The van der Waals surface area contributed by atoms with E-state index in [1.54, 1.807) is 0 Å². The van der Waals surface area contributed by atoms with Crippen LogP contribution in [0.2, 0.25) is 0 Å². The third-order valence-corrected chi connectivity index (χ3v) is 5.73. The number of aryl methyl sites for hydroxylation is 1. The molecule has 4 aromatic rings. The van der Waals surface area contributed by atoms with Gasteiger partial charge < -0.3 is 4.98 Å². The molecular weight excluding hydrogens is 330 g/mol. The molecule has 3 heteroatoms. The number of aromatic amines is 1. The van der Waals surface area contributed by atoms with Gasteiger partial charge in [-0.3, -0.25) is 9.88 Å². The summed E-state index contributed by atoms with van der Waals surface area (Å²) in [5, 5.41) is 1.37. The fourth-order valence-corrected chi connectivity index (χ4v) is 4.43. The van der Waals surface area contributed by atoms with Gasteiger partial charge in [0.25, 0.3) is 0 Å². The molecule has 134 valence electrons. The summed E-state index contributed by atoms with van der Waals surface area (Å²) in [4.78, 5) is 10.6. The number of nitrogens with zero attached hydrogens (tertiary/aromatic N) is 2. The van der Waals surface area contributed by atoms with Crippen molar-refractivity contribution in [1.29, 1.82) is 0 Å². The Morgan fingerprint density at radius 1 is 1.04 bits per heavy atom. The van der Waals surface area contributed by atoms with Crippen molar-refractivity contribution in [3.8, 4) is 0 Å². The molecule has 3 nitrogen and oxygen atoms in total. The minimum Gasteiger partial charge on any atom is -0.357 e. The van der Waals surface area contributed by atoms with Crippen molar-refractivity contribution in [3.63, 3.8) is 0 Å². The van der Waals surface area contributed by atoms with E-state index in [1.807, 2.05) is 18.5 Å². The first-order chi connectivity index (χ1) is 13.3. The Morgan fingerprint density at radius 3 is 2.74 bits per heavy atom. The second kappa shape index (κ2) is 6.67. The fraction of sp³-hybridized carbons (Fsp3) is 0.208. The summed E-state index contributed by atoms with van der Waals surface area (Å²) in [6.07, 6.45) is 4.89. The standard InChI is InChI=1S/C24H23N3/c1-17-7-2-3-9-19(17)24-23-21(20-10-4-5-11-22(20)26-23)12-14-27(24)16-18-8-6-13-25-15-18/h2-11,13,15,24,26H,12,14,16H2,1H3. The number of H-pyrrole nitrogens is 1. The molecule has 1 N–H and O–H groups in total. The highest BCUT2D eigenvalue weighted by Crippen LogP contribution is 2.39. The maximum Gasteiger partial charge on any atom is 0.0762 e. The number of nitrogens with one attached hydrogen (secondary N) is 1. The lowest BCUT2D eigenvalue weighted by Crippen LogP contribution is -2.36. The lowest BCUT2D eigenvalue weighted by Gasteiger charge is -2.37. The molecule has 3 heterocycles. The second-order valence-corrected chi connectivity index (χ2v) is 7.40. The summed E-state index contributed by atoms with van der Waals surface area (Å²) in [7, 11) is 0. The Morgan fingerprint density at radius 2 is 1.89 bits per heavy atom. The van der Waals surface area contributed by atoms with Crippen LogP contribution >= 0.6 is 0 Å². The van der Waals surface area contributed by atoms with Gasteiger partial charge in [0.15, 0.2) is 0 Å².